The van der Waals surface area contributed by atoms with E-state index in [-0.39, 0.29) is 18.2 Å². The maximum absolute atomic E-state index is 11.0. The van der Waals surface area contributed by atoms with E-state index in [4.69, 9.17) is 0 Å². The van der Waals surface area contributed by atoms with E-state index < -0.39 is 26.1 Å². The largest absolute Gasteiger partial charge is 0.435 e. The topological polar surface area (TPSA) is 172 Å². The molecule has 0 unspecified atom stereocenters. The molecule has 0 radical (unpaired) electrons. The minimum Gasteiger partial charge on any atom is -0.390 e. The smallest absolute Gasteiger partial charge is 0.390 e. The molecule has 13 heteroatoms. The zero-order chi connectivity index (χ0) is 18.6. The second-order valence-electron chi connectivity index (χ2n) is 4.57. The van der Waals surface area contributed by atoms with Gasteiger partial charge in [0.05, 0.1) is 28.7 Å². The Labute approximate surface area is 139 Å². The number of anilines is 1. The third-order valence-electron chi connectivity index (χ3n) is 3.12. The molecule has 1 aromatic heterocycles. The highest BCUT2D eigenvalue weighted by Gasteiger charge is 2.20. The average Bonchev–Trinajstić information content (AvgIpc) is 2.97. The minimum absolute atomic E-state index is 0.0658. The first-order valence-electron chi connectivity index (χ1n) is 6.77. The Hall–Kier alpha value is -3.90. The molecule has 0 aliphatic rings. The van der Waals surface area contributed by atoms with Gasteiger partial charge in [0.1, 0.15) is 11.9 Å². The van der Waals surface area contributed by atoms with Crippen molar-refractivity contribution in [2.45, 2.75) is 13.5 Å². The molecule has 0 amide bonds. The molecule has 1 heterocycles. The first-order chi connectivity index (χ1) is 11.8. The predicted molar refractivity (Wildman–Crippen MR) is 85.5 cm³/mol. The number of non-ortho nitro benzene ring substituents is 1. The van der Waals surface area contributed by atoms with Crippen LogP contribution in [0.5, 0.6) is 0 Å². The van der Waals surface area contributed by atoms with Crippen molar-refractivity contribution in [3.05, 3.63) is 60.4 Å². The second kappa shape index (κ2) is 7.12. The molecule has 0 fully saturated rings. The third kappa shape index (κ3) is 3.72. The van der Waals surface area contributed by atoms with Gasteiger partial charge >= 0.3 is 11.6 Å². The minimum atomic E-state index is -0.786. The summed E-state index contributed by atoms with van der Waals surface area (Å²) in [6, 6.07) is 3.04. The van der Waals surface area contributed by atoms with E-state index in [2.05, 4.69) is 15.5 Å². The highest BCUT2D eigenvalue weighted by molar-refractivity contribution is 5.79. The van der Waals surface area contributed by atoms with Crippen LogP contribution in [0.15, 0.2) is 29.5 Å². The fraction of sp³-hybridized carbons (Fsp3) is 0.167. The highest BCUT2D eigenvalue weighted by Crippen LogP contribution is 2.28. The molecule has 0 aliphatic heterocycles. The lowest BCUT2D eigenvalue weighted by atomic mass is 10.2. The molecule has 1 aromatic carbocycles. The lowest BCUT2D eigenvalue weighted by molar-refractivity contribution is -0.396. The monoisotopic (exact) mass is 349 g/mol. The summed E-state index contributed by atoms with van der Waals surface area (Å²) in [5.41, 5.74) is 1.68. The Bertz CT molecular complexity index is 875. The molecule has 130 valence electrons. The first-order valence-corrected chi connectivity index (χ1v) is 6.77. The average molecular weight is 349 g/mol. The number of hydrazone groups is 1. The Morgan fingerprint density at radius 2 is 1.92 bits per heavy atom. The molecule has 0 saturated heterocycles. The van der Waals surface area contributed by atoms with Crippen molar-refractivity contribution in [2.75, 3.05) is 5.43 Å². The van der Waals surface area contributed by atoms with Gasteiger partial charge in [-0.1, -0.05) is 4.98 Å². The van der Waals surface area contributed by atoms with Crippen molar-refractivity contribution in [1.82, 2.24) is 9.55 Å². The van der Waals surface area contributed by atoms with E-state index >= 15 is 0 Å². The molecule has 2 aromatic rings. The SMILES string of the molecule is CCn1c(C=NNc2ccc([N+](=O)[O-])cc2[N+](=O)[O-])cnc1[N+](=O)[O-]. The summed E-state index contributed by atoms with van der Waals surface area (Å²) < 4.78 is 1.29. The zero-order valence-electron chi connectivity index (χ0n) is 12.7. The van der Waals surface area contributed by atoms with Crippen molar-refractivity contribution in [3.8, 4) is 0 Å². The third-order valence-corrected chi connectivity index (χ3v) is 3.12. The predicted octanol–water partition coefficient (Wildman–Crippen LogP) is 2.07. The van der Waals surface area contributed by atoms with Crippen LogP contribution in [0.3, 0.4) is 0 Å². The Kier molecular flexibility index (Phi) is 4.97. The molecular weight excluding hydrogens is 338 g/mol. The number of hydrogen-bond acceptors (Lipinski definition) is 9. The van der Waals surface area contributed by atoms with Crippen LogP contribution in [0.1, 0.15) is 12.6 Å². The summed E-state index contributed by atoms with van der Waals surface area (Å²) in [6.07, 6.45) is 2.44. The number of nitro benzene ring substituents is 2. The fourth-order valence-electron chi connectivity index (χ4n) is 2.00. The van der Waals surface area contributed by atoms with Crippen LogP contribution < -0.4 is 5.43 Å². The number of rotatable bonds is 7. The summed E-state index contributed by atoms with van der Waals surface area (Å²) in [7, 11) is 0. The van der Waals surface area contributed by atoms with Crippen LogP contribution in [0.4, 0.5) is 23.0 Å². The molecule has 25 heavy (non-hydrogen) atoms. The number of nitrogens with zero attached hydrogens (tertiary/aromatic N) is 6. The summed E-state index contributed by atoms with van der Waals surface area (Å²) in [6.45, 7) is 1.95. The number of imidazole rings is 1. The molecule has 0 aliphatic carbocycles. The zero-order valence-corrected chi connectivity index (χ0v) is 12.7. The van der Waals surface area contributed by atoms with Crippen molar-refractivity contribution >= 4 is 29.2 Å². The van der Waals surface area contributed by atoms with E-state index in [0.29, 0.717) is 5.69 Å². The Morgan fingerprint density at radius 3 is 2.48 bits per heavy atom. The molecule has 0 atom stereocenters. The lowest BCUT2D eigenvalue weighted by Gasteiger charge is -2.02. The maximum atomic E-state index is 11.0. The summed E-state index contributed by atoms with van der Waals surface area (Å²) in [5, 5.41) is 36.3. The van der Waals surface area contributed by atoms with Crippen LogP contribution in [-0.4, -0.2) is 30.5 Å². The first kappa shape index (κ1) is 17.5. The van der Waals surface area contributed by atoms with Crippen molar-refractivity contribution in [3.63, 3.8) is 0 Å². The van der Waals surface area contributed by atoms with Gasteiger partial charge in [-0.15, -0.1) is 0 Å². The molecule has 0 spiro atoms. The molecule has 0 bridgehead atoms. The van der Waals surface area contributed by atoms with Gasteiger partial charge in [-0.05, 0) is 17.9 Å². The van der Waals surface area contributed by atoms with Gasteiger partial charge < -0.3 is 10.1 Å². The van der Waals surface area contributed by atoms with Crippen LogP contribution in [0, 0.1) is 30.3 Å². The van der Waals surface area contributed by atoms with Crippen molar-refractivity contribution in [2.24, 2.45) is 5.10 Å². The fourth-order valence-corrected chi connectivity index (χ4v) is 2.00. The molecule has 2 rings (SSSR count). The highest BCUT2D eigenvalue weighted by atomic mass is 16.6. The number of nitro groups is 3. The van der Waals surface area contributed by atoms with Gasteiger partial charge in [-0.2, -0.15) is 5.10 Å². The van der Waals surface area contributed by atoms with E-state index in [1.54, 1.807) is 6.92 Å². The van der Waals surface area contributed by atoms with E-state index in [0.717, 1.165) is 18.2 Å². The normalized spacial score (nSPS) is 10.8. The standard InChI is InChI=1S/C12H11N7O6/c1-2-16-9(6-13-12(16)19(24)25)7-14-15-10-4-3-8(17(20)21)5-11(10)18(22)23/h3-7,15H,2H2,1H3. The summed E-state index contributed by atoms with van der Waals surface area (Å²) in [4.78, 5) is 34.0. The van der Waals surface area contributed by atoms with Crippen molar-refractivity contribution in [1.29, 1.82) is 0 Å². The van der Waals surface area contributed by atoms with E-state index in [1.807, 2.05) is 0 Å². The molecule has 0 saturated carbocycles. The van der Waals surface area contributed by atoms with Gasteiger partial charge in [-0.3, -0.25) is 25.7 Å². The Morgan fingerprint density at radius 1 is 1.20 bits per heavy atom. The summed E-state index contributed by atoms with van der Waals surface area (Å²) in [5.74, 6) is -0.356. The van der Waals surface area contributed by atoms with Crippen LogP contribution in [-0.2, 0) is 6.54 Å². The Balaban J connectivity index is 2.27. The lowest BCUT2D eigenvalue weighted by Crippen LogP contribution is -2.05. The maximum Gasteiger partial charge on any atom is 0.435 e. The van der Waals surface area contributed by atoms with E-state index in [9.17, 15) is 30.3 Å². The van der Waals surface area contributed by atoms with E-state index in [1.165, 1.54) is 17.0 Å². The molecule has 1 N–H and O–H groups in total. The van der Waals surface area contributed by atoms with Crippen LogP contribution in [0.2, 0.25) is 0 Å². The second-order valence-corrected chi connectivity index (χ2v) is 4.57. The summed E-state index contributed by atoms with van der Waals surface area (Å²) >= 11 is 0. The van der Waals surface area contributed by atoms with Gasteiger partial charge in [0, 0.05) is 6.07 Å². The number of hydrogen-bond donors (Lipinski definition) is 1. The number of aromatic nitrogens is 2. The van der Waals surface area contributed by atoms with Crippen molar-refractivity contribution < 1.29 is 14.8 Å². The quantitative estimate of drug-likeness (QED) is 0.449. The molecule has 13 nitrogen and oxygen atoms in total. The number of nitrogens with one attached hydrogen (secondary N) is 1. The number of benzene rings is 1. The van der Waals surface area contributed by atoms with Gasteiger partial charge in [0.2, 0.25) is 0 Å². The van der Waals surface area contributed by atoms with Crippen LogP contribution in [0.25, 0.3) is 0 Å². The molecular formula is C12H11N7O6. The van der Waals surface area contributed by atoms with Crippen LogP contribution >= 0.6 is 0 Å². The van der Waals surface area contributed by atoms with Gasteiger partial charge in [0.15, 0.2) is 5.69 Å². The van der Waals surface area contributed by atoms with Gasteiger partial charge in [0.25, 0.3) is 5.69 Å². The van der Waals surface area contributed by atoms with Gasteiger partial charge in [-0.25, -0.2) is 4.57 Å².